The number of likely N-dealkylation sites (N-methyl/N-ethyl adjacent to an activating group) is 1. The fourth-order valence-corrected chi connectivity index (χ4v) is 1.45. The minimum absolute atomic E-state index is 0.104. The van der Waals surface area contributed by atoms with Crippen LogP contribution in [0, 0.1) is 0 Å². The van der Waals surface area contributed by atoms with Crippen molar-refractivity contribution in [3.63, 3.8) is 0 Å². The summed E-state index contributed by atoms with van der Waals surface area (Å²) in [6.45, 7) is 4.99. The molecule has 0 bridgehead atoms. The quantitative estimate of drug-likeness (QED) is 0.748. The topological polar surface area (TPSA) is 52.0 Å². The first-order valence-electron chi connectivity index (χ1n) is 4.81. The number of aromatic nitrogens is 3. The van der Waals surface area contributed by atoms with Gasteiger partial charge in [-0.1, -0.05) is 12.1 Å². The lowest BCUT2D eigenvalue weighted by molar-refractivity contribution is 0.0809. The maximum atomic E-state index is 5.31. The molecule has 0 aliphatic rings. The standard InChI is InChI=1S/C9H18N4O/c1-5-10-9(7(2)14-4)8-6-11-12-13(8)3/h6-7,9-10H,5H2,1-4H3. The zero-order valence-corrected chi connectivity index (χ0v) is 9.19. The molecule has 0 saturated carbocycles. The number of aryl methyl sites for hydroxylation is 1. The number of ether oxygens (including phenoxy) is 1. The van der Waals surface area contributed by atoms with E-state index in [9.17, 15) is 0 Å². The summed E-state index contributed by atoms with van der Waals surface area (Å²) in [4.78, 5) is 0. The van der Waals surface area contributed by atoms with Gasteiger partial charge in [0, 0.05) is 14.2 Å². The Kier molecular flexibility index (Phi) is 4.03. The van der Waals surface area contributed by atoms with E-state index >= 15 is 0 Å². The van der Waals surface area contributed by atoms with Crippen molar-refractivity contribution in [2.24, 2.45) is 7.05 Å². The number of methoxy groups -OCH3 is 1. The van der Waals surface area contributed by atoms with E-state index < -0.39 is 0 Å². The molecule has 14 heavy (non-hydrogen) atoms. The molecule has 0 saturated heterocycles. The number of hydrogen-bond acceptors (Lipinski definition) is 4. The van der Waals surface area contributed by atoms with Gasteiger partial charge in [0.15, 0.2) is 0 Å². The number of nitrogens with zero attached hydrogens (tertiary/aromatic N) is 3. The molecule has 0 spiro atoms. The highest BCUT2D eigenvalue weighted by molar-refractivity contribution is 5.04. The lowest BCUT2D eigenvalue weighted by atomic mass is 10.1. The molecule has 1 heterocycles. The number of hydrogen-bond donors (Lipinski definition) is 1. The van der Waals surface area contributed by atoms with Gasteiger partial charge in [-0.2, -0.15) is 0 Å². The largest absolute Gasteiger partial charge is 0.380 e. The second kappa shape index (κ2) is 5.07. The lowest BCUT2D eigenvalue weighted by Crippen LogP contribution is -2.32. The molecule has 5 heteroatoms. The van der Waals surface area contributed by atoms with Crippen LogP contribution in [0.1, 0.15) is 25.6 Å². The Bertz CT molecular complexity index is 274. The monoisotopic (exact) mass is 198 g/mol. The molecule has 5 nitrogen and oxygen atoms in total. The van der Waals surface area contributed by atoms with E-state index in [1.54, 1.807) is 18.0 Å². The molecular formula is C9H18N4O. The molecule has 2 unspecified atom stereocenters. The number of nitrogens with one attached hydrogen (secondary N) is 1. The molecule has 0 aliphatic heterocycles. The Balaban J connectivity index is 2.82. The average Bonchev–Trinajstić information content (AvgIpc) is 2.60. The first-order chi connectivity index (χ1) is 6.70. The first kappa shape index (κ1) is 11.1. The zero-order valence-electron chi connectivity index (χ0n) is 9.19. The van der Waals surface area contributed by atoms with E-state index in [1.807, 2.05) is 14.0 Å². The third-order valence-electron chi connectivity index (χ3n) is 2.33. The third kappa shape index (κ3) is 2.30. The van der Waals surface area contributed by atoms with Crippen LogP contribution < -0.4 is 5.32 Å². The van der Waals surface area contributed by atoms with Gasteiger partial charge in [-0.3, -0.25) is 4.68 Å². The molecule has 0 radical (unpaired) electrons. The van der Waals surface area contributed by atoms with E-state index in [0.717, 1.165) is 12.2 Å². The minimum Gasteiger partial charge on any atom is -0.380 e. The maximum absolute atomic E-state index is 5.31. The van der Waals surface area contributed by atoms with E-state index in [0.29, 0.717) is 0 Å². The van der Waals surface area contributed by atoms with Crippen LogP contribution in [0.4, 0.5) is 0 Å². The highest BCUT2D eigenvalue weighted by Gasteiger charge is 2.21. The summed E-state index contributed by atoms with van der Waals surface area (Å²) in [5, 5.41) is 11.1. The Morgan fingerprint density at radius 2 is 2.36 bits per heavy atom. The van der Waals surface area contributed by atoms with Crippen molar-refractivity contribution in [2.45, 2.75) is 26.0 Å². The fourth-order valence-electron chi connectivity index (χ4n) is 1.45. The average molecular weight is 198 g/mol. The van der Waals surface area contributed by atoms with Crippen molar-refractivity contribution < 1.29 is 4.74 Å². The zero-order chi connectivity index (χ0) is 10.6. The molecular weight excluding hydrogens is 180 g/mol. The molecule has 0 fully saturated rings. The molecule has 0 aliphatic carbocycles. The van der Waals surface area contributed by atoms with Crippen molar-refractivity contribution in [3.05, 3.63) is 11.9 Å². The first-order valence-corrected chi connectivity index (χ1v) is 4.81. The Morgan fingerprint density at radius 1 is 1.64 bits per heavy atom. The van der Waals surface area contributed by atoms with Crippen LogP contribution in [0.2, 0.25) is 0 Å². The van der Waals surface area contributed by atoms with Crippen LogP contribution in [0.15, 0.2) is 6.20 Å². The van der Waals surface area contributed by atoms with Crippen LogP contribution in [0.25, 0.3) is 0 Å². The van der Waals surface area contributed by atoms with Crippen molar-refractivity contribution in [2.75, 3.05) is 13.7 Å². The highest BCUT2D eigenvalue weighted by atomic mass is 16.5. The second-order valence-electron chi connectivity index (χ2n) is 3.26. The number of rotatable bonds is 5. The van der Waals surface area contributed by atoms with Gasteiger partial charge in [0.2, 0.25) is 0 Å². The highest BCUT2D eigenvalue weighted by Crippen LogP contribution is 2.16. The molecule has 80 valence electrons. The summed E-state index contributed by atoms with van der Waals surface area (Å²) in [6, 6.07) is 0.144. The van der Waals surface area contributed by atoms with Gasteiger partial charge in [0.25, 0.3) is 0 Å². The van der Waals surface area contributed by atoms with Gasteiger partial charge >= 0.3 is 0 Å². The third-order valence-corrected chi connectivity index (χ3v) is 2.33. The van der Waals surface area contributed by atoms with Crippen LogP contribution >= 0.6 is 0 Å². The summed E-state index contributed by atoms with van der Waals surface area (Å²) in [5.41, 5.74) is 1.04. The van der Waals surface area contributed by atoms with Gasteiger partial charge in [-0.05, 0) is 13.5 Å². The van der Waals surface area contributed by atoms with E-state index in [1.165, 1.54) is 0 Å². The van der Waals surface area contributed by atoms with Crippen molar-refractivity contribution in [1.82, 2.24) is 20.3 Å². The van der Waals surface area contributed by atoms with E-state index in [4.69, 9.17) is 4.74 Å². The smallest absolute Gasteiger partial charge is 0.0779 e. The maximum Gasteiger partial charge on any atom is 0.0779 e. The van der Waals surface area contributed by atoms with E-state index in [-0.39, 0.29) is 12.1 Å². The summed E-state index contributed by atoms with van der Waals surface area (Å²) in [6.07, 6.45) is 1.87. The SMILES string of the molecule is CCNC(c1cnnn1C)C(C)OC. The minimum atomic E-state index is 0.104. The molecule has 1 aromatic heterocycles. The van der Waals surface area contributed by atoms with Crippen molar-refractivity contribution >= 4 is 0 Å². The van der Waals surface area contributed by atoms with Crippen LogP contribution in [0.3, 0.4) is 0 Å². The van der Waals surface area contributed by atoms with Crippen LogP contribution in [-0.4, -0.2) is 34.8 Å². The van der Waals surface area contributed by atoms with Gasteiger partial charge < -0.3 is 10.1 Å². The van der Waals surface area contributed by atoms with Crippen molar-refractivity contribution in [3.8, 4) is 0 Å². The summed E-state index contributed by atoms with van der Waals surface area (Å²) >= 11 is 0. The Labute approximate surface area is 84.4 Å². The van der Waals surface area contributed by atoms with Crippen LogP contribution in [-0.2, 0) is 11.8 Å². The second-order valence-corrected chi connectivity index (χ2v) is 3.26. The predicted octanol–water partition coefficient (Wildman–Crippen LogP) is 0.501. The van der Waals surface area contributed by atoms with Gasteiger partial charge in [-0.15, -0.1) is 5.10 Å². The normalized spacial score (nSPS) is 15.4. The summed E-state index contributed by atoms with van der Waals surface area (Å²) in [5.74, 6) is 0. The predicted molar refractivity (Wildman–Crippen MR) is 53.9 cm³/mol. The van der Waals surface area contributed by atoms with Crippen molar-refractivity contribution in [1.29, 1.82) is 0 Å². The van der Waals surface area contributed by atoms with E-state index in [2.05, 4.69) is 22.6 Å². The molecule has 1 aromatic rings. The molecule has 0 amide bonds. The molecule has 1 N–H and O–H groups in total. The van der Waals surface area contributed by atoms with Gasteiger partial charge in [0.05, 0.1) is 24.0 Å². The molecule has 1 rings (SSSR count). The molecule has 0 aromatic carbocycles. The summed E-state index contributed by atoms with van der Waals surface area (Å²) in [7, 11) is 3.59. The Hall–Kier alpha value is -0.940. The van der Waals surface area contributed by atoms with Gasteiger partial charge in [0.1, 0.15) is 0 Å². The van der Waals surface area contributed by atoms with Gasteiger partial charge in [-0.25, -0.2) is 0 Å². The Morgan fingerprint density at radius 3 is 2.79 bits per heavy atom. The van der Waals surface area contributed by atoms with Crippen LogP contribution in [0.5, 0.6) is 0 Å². The summed E-state index contributed by atoms with van der Waals surface area (Å²) < 4.78 is 7.08. The fraction of sp³-hybridized carbons (Fsp3) is 0.778. The molecule has 2 atom stereocenters. The lowest BCUT2D eigenvalue weighted by Gasteiger charge is -2.23.